The first-order valence-electron chi connectivity index (χ1n) is 3.99. The SMILES string of the molecule is COc1nn(C(=O)O)c2ccccc12. The molecule has 0 spiro atoms. The quantitative estimate of drug-likeness (QED) is 0.744. The molecule has 5 heteroatoms. The predicted octanol–water partition coefficient (Wildman–Crippen LogP) is 1.57. The van der Waals surface area contributed by atoms with Gasteiger partial charge in [0.25, 0.3) is 0 Å². The van der Waals surface area contributed by atoms with Crippen LogP contribution in [0.2, 0.25) is 0 Å². The van der Waals surface area contributed by atoms with E-state index in [-0.39, 0.29) is 0 Å². The second kappa shape index (κ2) is 3.02. The van der Waals surface area contributed by atoms with Crippen molar-refractivity contribution in [2.75, 3.05) is 7.11 Å². The van der Waals surface area contributed by atoms with Gasteiger partial charge in [-0.2, -0.15) is 4.68 Å². The van der Waals surface area contributed by atoms with Crippen LogP contribution >= 0.6 is 0 Å². The number of benzene rings is 1. The summed E-state index contributed by atoms with van der Waals surface area (Å²) in [6.45, 7) is 0. The van der Waals surface area contributed by atoms with Crippen molar-refractivity contribution in [3.8, 4) is 5.88 Å². The Morgan fingerprint density at radius 1 is 1.50 bits per heavy atom. The minimum Gasteiger partial charge on any atom is -0.479 e. The van der Waals surface area contributed by atoms with E-state index in [4.69, 9.17) is 9.84 Å². The van der Waals surface area contributed by atoms with E-state index in [0.717, 1.165) is 4.68 Å². The Bertz CT molecular complexity index is 490. The fraction of sp³-hybridized carbons (Fsp3) is 0.111. The van der Waals surface area contributed by atoms with E-state index < -0.39 is 6.09 Å². The van der Waals surface area contributed by atoms with Gasteiger partial charge in [-0.3, -0.25) is 0 Å². The Labute approximate surface area is 79.5 Å². The van der Waals surface area contributed by atoms with Crippen LogP contribution in [0.4, 0.5) is 4.79 Å². The molecule has 0 aliphatic heterocycles. The van der Waals surface area contributed by atoms with Gasteiger partial charge in [0.2, 0.25) is 5.88 Å². The Hall–Kier alpha value is -2.04. The predicted molar refractivity (Wildman–Crippen MR) is 49.7 cm³/mol. The first-order chi connectivity index (χ1) is 6.74. The molecule has 14 heavy (non-hydrogen) atoms. The Kier molecular flexibility index (Phi) is 1.85. The van der Waals surface area contributed by atoms with Crippen LogP contribution in [0.25, 0.3) is 10.9 Å². The molecule has 0 aliphatic carbocycles. The number of methoxy groups -OCH3 is 1. The van der Waals surface area contributed by atoms with Gasteiger partial charge in [0.15, 0.2) is 0 Å². The van der Waals surface area contributed by atoms with Gasteiger partial charge in [-0.15, -0.1) is 5.10 Å². The maximum Gasteiger partial charge on any atom is 0.432 e. The van der Waals surface area contributed by atoms with Crippen molar-refractivity contribution < 1.29 is 14.6 Å². The van der Waals surface area contributed by atoms with E-state index >= 15 is 0 Å². The average Bonchev–Trinajstić information content (AvgIpc) is 2.56. The third kappa shape index (κ3) is 1.10. The smallest absolute Gasteiger partial charge is 0.432 e. The minimum atomic E-state index is -1.12. The number of para-hydroxylation sites is 1. The summed E-state index contributed by atoms with van der Waals surface area (Å²) in [5.41, 5.74) is 0.525. The highest BCUT2D eigenvalue weighted by Crippen LogP contribution is 2.23. The van der Waals surface area contributed by atoms with Crippen molar-refractivity contribution >= 4 is 17.0 Å². The molecule has 0 radical (unpaired) electrons. The third-order valence-corrected chi connectivity index (χ3v) is 1.93. The number of ether oxygens (including phenoxy) is 1. The summed E-state index contributed by atoms with van der Waals surface area (Å²) >= 11 is 0. The molecular formula is C9H8N2O3. The molecule has 2 rings (SSSR count). The molecule has 0 aliphatic rings. The van der Waals surface area contributed by atoms with Gasteiger partial charge < -0.3 is 9.84 Å². The maximum absolute atomic E-state index is 10.8. The topological polar surface area (TPSA) is 64.4 Å². The lowest BCUT2D eigenvalue weighted by atomic mass is 10.2. The largest absolute Gasteiger partial charge is 0.479 e. The zero-order chi connectivity index (χ0) is 10.1. The standard InChI is InChI=1S/C9H8N2O3/c1-14-8-6-4-2-3-5-7(6)11(10-8)9(12)13/h2-5H,1H3,(H,12,13). The zero-order valence-corrected chi connectivity index (χ0v) is 7.47. The van der Waals surface area contributed by atoms with Gasteiger partial charge in [-0.1, -0.05) is 12.1 Å². The van der Waals surface area contributed by atoms with E-state index in [1.54, 1.807) is 24.3 Å². The Morgan fingerprint density at radius 2 is 2.21 bits per heavy atom. The number of nitrogens with zero attached hydrogens (tertiary/aromatic N) is 2. The lowest BCUT2D eigenvalue weighted by Gasteiger charge is -1.92. The Morgan fingerprint density at radius 3 is 2.86 bits per heavy atom. The molecule has 0 atom stereocenters. The van der Waals surface area contributed by atoms with Crippen molar-refractivity contribution in [2.24, 2.45) is 0 Å². The number of hydrogen-bond donors (Lipinski definition) is 1. The van der Waals surface area contributed by atoms with Crippen molar-refractivity contribution in [2.45, 2.75) is 0 Å². The summed E-state index contributed by atoms with van der Waals surface area (Å²) in [7, 11) is 1.46. The zero-order valence-electron chi connectivity index (χ0n) is 7.47. The molecule has 1 heterocycles. The summed E-state index contributed by atoms with van der Waals surface area (Å²) in [4.78, 5) is 10.8. The highest BCUT2D eigenvalue weighted by molar-refractivity contribution is 5.90. The molecule has 0 saturated heterocycles. The van der Waals surface area contributed by atoms with E-state index in [1.807, 2.05) is 0 Å². The Balaban J connectivity index is 2.80. The molecule has 1 N–H and O–H groups in total. The van der Waals surface area contributed by atoms with E-state index in [0.29, 0.717) is 16.8 Å². The van der Waals surface area contributed by atoms with Gasteiger partial charge in [0.1, 0.15) is 0 Å². The van der Waals surface area contributed by atoms with Crippen molar-refractivity contribution in [1.82, 2.24) is 9.78 Å². The molecule has 0 saturated carbocycles. The van der Waals surface area contributed by atoms with Gasteiger partial charge >= 0.3 is 6.09 Å². The van der Waals surface area contributed by atoms with Gasteiger partial charge in [-0.05, 0) is 12.1 Å². The normalized spacial score (nSPS) is 10.4. The van der Waals surface area contributed by atoms with Crippen LogP contribution in [0.15, 0.2) is 24.3 Å². The molecular weight excluding hydrogens is 184 g/mol. The molecule has 0 fully saturated rings. The molecule has 1 aromatic heterocycles. The summed E-state index contributed by atoms with van der Waals surface area (Å²) in [6.07, 6.45) is -1.12. The molecule has 1 aromatic carbocycles. The third-order valence-electron chi connectivity index (χ3n) is 1.93. The lowest BCUT2D eigenvalue weighted by molar-refractivity contribution is 0.193. The van der Waals surface area contributed by atoms with Gasteiger partial charge in [-0.25, -0.2) is 4.79 Å². The second-order valence-electron chi connectivity index (χ2n) is 2.72. The maximum atomic E-state index is 10.8. The molecule has 72 valence electrons. The van der Waals surface area contributed by atoms with Crippen LogP contribution in [-0.2, 0) is 0 Å². The first kappa shape index (κ1) is 8.55. The van der Waals surface area contributed by atoms with Crippen LogP contribution in [-0.4, -0.2) is 28.1 Å². The number of carbonyl (C=O) groups is 1. The monoisotopic (exact) mass is 192 g/mol. The molecule has 0 amide bonds. The van der Waals surface area contributed by atoms with E-state index in [9.17, 15) is 4.79 Å². The van der Waals surface area contributed by atoms with Crippen LogP contribution in [0.5, 0.6) is 5.88 Å². The lowest BCUT2D eigenvalue weighted by Crippen LogP contribution is -2.09. The van der Waals surface area contributed by atoms with E-state index in [2.05, 4.69) is 5.10 Å². The second-order valence-corrected chi connectivity index (χ2v) is 2.72. The number of fused-ring (bicyclic) bond motifs is 1. The van der Waals surface area contributed by atoms with Crippen molar-refractivity contribution in [3.05, 3.63) is 24.3 Å². The van der Waals surface area contributed by atoms with Gasteiger partial charge in [0.05, 0.1) is 18.0 Å². The fourth-order valence-electron chi connectivity index (χ4n) is 1.33. The molecule has 0 unspecified atom stereocenters. The molecule has 0 bridgehead atoms. The summed E-state index contributed by atoms with van der Waals surface area (Å²) in [5, 5.41) is 13.3. The van der Waals surface area contributed by atoms with Crippen LogP contribution in [0, 0.1) is 0 Å². The summed E-state index contributed by atoms with van der Waals surface area (Å²) in [6, 6.07) is 7.00. The van der Waals surface area contributed by atoms with Crippen LogP contribution in [0.1, 0.15) is 0 Å². The molecule has 2 aromatic rings. The highest BCUT2D eigenvalue weighted by Gasteiger charge is 2.13. The summed E-state index contributed by atoms with van der Waals surface area (Å²) in [5.74, 6) is 0.322. The minimum absolute atomic E-state index is 0.322. The van der Waals surface area contributed by atoms with Crippen molar-refractivity contribution in [1.29, 1.82) is 0 Å². The number of carboxylic acid groups (broad SMARTS) is 1. The van der Waals surface area contributed by atoms with Gasteiger partial charge in [0, 0.05) is 0 Å². The number of hydrogen-bond acceptors (Lipinski definition) is 3. The average molecular weight is 192 g/mol. The summed E-state index contributed by atoms with van der Waals surface area (Å²) < 4.78 is 5.86. The van der Waals surface area contributed by atoms with Crippen LogP contribution < -0.4 is 4.74 Å². The number of aromatic nitrogens is 2. The number of rotatable bonds is 1. The first-order valence-corrected chi connectivity index (χ1v) is 3.99. The fourth-order valence-corrected chi connectivity index (χ4v) is 1.33. The van der Waals surface area contributed by atoms with Crippen molar-refractivity contribution in [3.63, 3.8) is 0 Å². The van der Waals surface area contributed by atoms with E-state index in [1.165, 1.54) is 7.11 Å². The van der Waals surface area contributed by atoms with Crippen LogP contribution in [0.3, 0.4) is 0 Å². The highest BCUT2D eigenvalue weighted by atomic mass is 16.5. The molecule has 5 nitrogen and oxygen atoms in total.